The molecule has 0 bridgehead atoms. The fourth-order valence-corrected chi connectivity index (χ4v) is 4.52. The summed E-state index contributed by atoms with van der Waals surface area (Å²) >= 11 is 5.94. The van der Waals surface area contributed by atoms with Gasteiger partial charge in [0.15, 0.2) is 0 Å². The number of aromatic nitrogens is 2. The minimum atomic E-state index is -0.929. The van der Waals surface area contributed by atoms with Crippen molar-refractivity contribution in [3.8, 4) is 17.3 Å². The molecule has 10 heteroatoms. The third kappa shape index (κ3) is 6.17. The lowest BCUT2D eigenvalue weighted by Crippen LogP contribution is -2.55. The van der Waals surface area contributed by atoms with Gasteiger partial charge in [0, 0.05) is 47.5 Å². The van der Waals surface area contributed by atoms with Crippen molar-refractivity contribution >= 4 is 23.2 Å². The van der Waals surface area contributed by atoms with E-state index in [4.69, 9.17) is 11.6 Å². The maximum Gasteiger partial charge on any atom is 0.267 e. The second-order valence-corrected chi connectivity index (χ2v) is 9.46. The summed E-state index contributed by atoms with van der Waals surface area (Å²) in [5, 5.41) is 31.5. The Hall–Kier alpha value is -3.55. The number of nitrogens with zero attached hydrogens (tertiary/aromatic N) is 4. The fraction of sp³-hybridized carbons (Fsp3) is 0.308. The Kier molecular flexibility index (Phi) is 7.82. The van der Waals surface area contributed by atoms with Crippen LogP contribution in [0, 0.1) is 11.3 Å². The van der Waals surface area contributed by atoms with Gasteiger partial charge in [0.25, 0.3) is 5.56 Å². The van der Waals surface area contributed by atoms with Gasteiger partial charge in [-0.3, -0.25) is 14.5 Å². The van der Waals surface area contributed by atoms with Gasteiger partial charge in [0.1, 0.15) is 12.8 Å². The second kappa shape index (κ2) is 11.0. The van der Waals surface area contributed by atoms with Crippen LogP contribution in [0.4, 0.5) is 5.69 Å². The molecule has 3 N–H and O–H groups in total. The highest BCUT2D eigenvalue weighted by Gasteiger charge is 2.27. The number of aliphatic hydroxyl groups excluding tert-OH is 1. The number of benzene rings is 2. The Labute approximate surface area is 213 Å². The zero-order valence-electron chi connectivity index (χ0n) is 20.0. The normalized spacial score (nSPS) is 18.9. The molecular weight excluding hydrogens is 480 g/mol. The molecule has 0 saturated carbocycles. The lowest BCUT2D eigenvalue weighted by Gasteiger charge is -2.39. The van der Waals surface area contributed by atoms with Gasteiger partial charge in [-0.05, 0) is 55.8 Å². The standard InChI is InChI=1S/C26H27ClN6O3/c1-16-13-32(14-17(2)29-16)26(36)20-9-18(12-28)10-22(11-20)30-24(34)15-33-25(35)8-7-23(31-33)19-3-5-21(27)6-4-19/h3-11,16-17,26,29,36H,13-15H2,1-2H3,(H,30,34)/t16-,17-,26?/m1/s1. The van der Waals surface area contributed by atoms with Crippen molar-refractivity contribution in [1.82, 2.24) is 20.0 Å². The highest BCUT2D eigenvalue weighted by molar-refractivity contribution is 6.30. The monoisotopic (exact) mass is 506 g/mol. The SMILES string of the molecule is C[C@@H]1CN(C(O)c2cc(C#N)cc(NC(=O)Cn3nc(-c4ccc(Cl)cc4)ccc3=O)c2)C[C@@H](C)N1. The van der Waals surface area contributed by atoms with E-state index in [-0.39, 0.29) is 18.6 Å². The molecule has 1 unspecified atom stereocenters. The first kappa shape index (κ1) is 25.5. The van der Waals surface area contributed by atoms with Crippen LogP contribution in [0.2, 0.25) is 5.02 Å². The van der Waals surface area contributed by atoms with Gasteiger partial charge in [-0.15, -0.1) is 0 Å². The van der Waals surface area contributed by atoms with Crippen LogP contribution < -0.4 is 16.2 Å². The van der Waals surface area contributed by atoms with Crippen LogP contribution in [0.5, 0.6) is 0 Å². The summed E-state index contributed by atoms with van der Waals surface area (Å²) in [4.78, 5) is 27.1. The Morgan fingerprint density at radius 2 is 1.89 bits per heavy atom. The van der Waals surface area contributed by atoms with Gasteiger partial charge < -0.3 is 15.7 Å². The average molecular weight is 507 g/mol. The number of rotatable bonds is 6. The zero-order valence-corrected chi connectivity index (χ0v) is 20.7. The van der Waals surface area contributed by atoms with E-state index in [1.807, 2.05) is 18.7 Å². The summed E-state index contributed by atoms with van der Waals surface area (Å²) in [6, 6.07) is 17.2. The zero-order chi connectivity index (χ0) is 25.8. The van der Waals surface area contributed by atoms with Crippen LogP contribution in [0.15, 0.2) is 59.4 Å². The number of hydrogen-bond acceptors (Lipinski definition) is 7. The Balaban J connectivity index is 1.52. The molecule has 1 fully saturated rings. The molecule has 36 heavy (non-hydrogen) atoms. The molecule has 9 nitrogen and oxygen atoms in total. The smallest absolute Gasteiger partial charge is 0.267 e. The quantitative estimate of drug-likeness (QED) is 0.469. The molecule has 3 aromatic rings. The van der Waals surface area contributed by atoms with E-state index in [1.54, 1.807) is 42.5 Å². The van der Waals surface area contributed by atoms with Crippen LogP contribution in [0.3, 0.4) is 0 Å². The van der Waals surface area contributed by atoms with Crippen molar-refractivity contribution in [1.29, 1.82) is 5.26 Å². The van der Waals surface area contributed by atoms with Crippen molar-refractivity contribution in [2.75, 3.05) is 18.4 Å². The first-order chi connectivity index (χ1) is 17.2. The van der Waals surface area contributed by atoms with E-state index in [0.29, 0.717) is 40.6 Å². The molecule has 1 saturated heterocycles. The van der Waals surface area contributed by atoms with Gasteiger partial charge in [0.2, 0.25) is 5.91 Å². The van der Waals surface area contributed by atoms with E-state index in [9.17, 15) is 20.0 Å². The molecule has 1 aliphatic rings. The van der Waals surface area contributed by atoms with E-state index in [0.717, 1.165) is 10.2 Å². The summed E-state index contributed by atoms with van der Waals surface area (Å²) in [5.41, 5.74) is 2.02. The predicted octanol–water partition coefficient (Wildman–Crippen LogP) is 2.75. The maximum absolute atomic E-state index is 12.8. The minimum absolute atomic E-state index is 0.205. The number of carbonyl (C=O) groups excluding carboxylic acids is 1. The number of amides is 1. The first-order valence-corrected chi connectivity index (χ1v) is 12.0. The number of nitriles is 1. The predicted molar refractivity (Wildman–Crippen MR) is 137 cm³/mol. The maximum atomic E-state index is 12.8. The van der Waals surface area contributed by atoms with Crippen LogP contribution in [-0.4, -0.2) is 50.9 Å². The first-order valence-electron chi connectivity index (χ1n) is 11.6. The van der Waals surface area contributed by atoms with Gasteiger partial charge in [0.05, 0.1) is 17.3 Å². The van der Waals surface area contributed by atoms with Crippen LogP contribution in [0.1, 0.15) is 31.2 Å². The Morgan fingerprint density at radius 3 is 2.56 bits per heavy atom. The third-order valence-electron chi connectivity index (χ3n) is 5.90. The van der Waals surface area contributed by atoms with E-state index in [2.05, 4.69) is 21.8 Å². The molecule has 1 aliphatic heterocycles. The minimum Gasteiger partial charge on any atom is -0.374 e. The second-order valence-electron chi connectivity index (χ2n) is 9.02. The highest BCUT2D eigenvalue weighted by Crippen LogP contribution is 2.25. The topological polar surface area (TPSA) is 123 Å². The van der Waals surface area contributed by atoms with E-state index < -0.39 is 17.7 Å². The number of hydrogen-bond donors (Lipinski definition) is 3. The van der Waals surface area contributed by atoms with E-state index >= 15 is 0 Å². The number of halogens is 1. The Bertz CT molecular complexity index is 1340. The molecule has 2 heterocycles. The third-order valence-corrected chi connectivity index (χ3v) is 6.15. The lowest BCUT2D eigenvalue weighted by atomic mass is 10.1. The number of aliphatic hydroxyl groups is 1. The lowest BCUT2D eigenvalue weighted by molar-refractivity contribution is -0.117. The molecule has 2 aromatic carbocycles. The summed E-state index contributed by atoms with van der Waals surface area (Å²) in [6.45, 7) is 5.06. The summed E-state index contributed by atoms with van der Waals surface area (Å²) in [7, 11) is 0. The fourth-order valence-electron chi connectivity index (χ4n) is 4.39. The summed E-state index contributed by atoms with van der Waals surface area (Å²) in [5.74, 6) is -0.488. The van der Waals surface area contributed by atoms with Gasteiger partial charge in [-0.25, -0.2) is 4.68 Å². The number of anilines is 1. The van der Waals surface area contributed by atoms with Gasteiger partial charge in [-0.1, -0.05) is 23.7 Å². The molecule has 0 aliphatic carbocycles. The van der Waals surface area contributed by atoms with Crippen LogP contribution >= 0.6 is 11.6 Å². The van der Waals surface area contributed by atoms with Crippen LogP contribution in [-0.2, 0) is 11.3 Å². The van der Waals surface area contributed by atoms with Crippen molar-refractivity contribution < 1.29 is 9.90 Å². The molecule has 0 spiro atoms. The number of piperazine rings is 1. The molecule has 1 aromatic heterocycles. The Morgan fingerprint density at radius 1 is 1.19 bits per heavy atom. The van der Waals surface area contributed by atoms with Crippen molar-refractivity contribution in [3.63, 3.8) is 0 Å². The van der Waals surface area contributed by atoms with Crippen molar-refractivity contribution in [2.45, 2.75) is 38.7 Å². The molecule has 186 valence electrons. The molecule has 3 atom stereocenters. The molecule has 4 rings (SSSR count). The number of carbonyl (C=O) groups is 1. The summed E-state index contributed by atoms with van der Waals surface area (Å²) < 4.78 is 1.08. The average Bonchev–Trinajstić information content (AvgIpc) is 2.84. The van der Waals surface area contributed by atoms with Crippen LogP contribution in [0.25, 0.3) is 11.3 Å². The van der Waals surface area contributed by atoms with Crippen molar-refractivity contribution in [3.05, 3.63) is 81.1 Å². The van der Waals surface area contributed by atoms with Gasteiger partial charge in [-0.2, -0.15) is 10.4 Å². The largest absolute Gasteiger partial charge is 0.374 e. The highest BCUT2D eigenvalue weighted by atomic mass is 35.5. The van der Waals surface area contributed by atoms with E-state index in [1.165, 1.54) is 12.1 Å². The van der Waals surface area contributed by atoms with Crippen molar-refractivity contribution in [2.24, 2.45) is 0 Å². The summed E-state index contributed by atoms with van der Waals surface area (Å²) in [6.07, 6.45) is -0.929. The molecular formula is C26H27ClN6O3. The molecule has 0 radical (unpaired) electrons. The van der Waals surface area contributed by atoms with Gasteiger partial charge >= 0.3 is 0 Å². The molecule has 1 amide bonds. The number of nitrogens with one attached hydrogen (secondary N) is 2.